The number of phosphoric ester groups is 2. The fourth-order valence-corrected chi connectivity index (χ4v) is 11.4. The summed E-state index contributed by atoms with van der Waals surface area (Å²) in [6.07, 6.45) is 71.3. The number of aliphatic hydroxyl groups excluding tert-OH is 1. The lowest BCUT2D eigenvalue weighted by molar-refractivity contribution is -0.161. The number of hydrogen-bond donors (Lipinski definition) is 3. The first-order valence-electron chi connectivity index (χ1n) is 37.5. The van der Waals surface area contributed by atoms with E-state index in [2.05, 4.69) is 125 Å². The third-order valence-electron chi connectivity index (χ3n) is 15.5. The molecule has 0 aromatic heterocycles. The van der Waals surface area contributed by atoms with Crippen LogP contribution in [-0.2, 0) is 65.4 Å². The highest BCUT2D eigenvalue weighted by molar-refractivity contribution is 7.47. The summed E-state index contributed by atoms with van der Waals surface area (Å²) in [5, 5.41) is 10.6. The average molecular weight is 1390 g/mol. The van der Waals surface area contributed by atoms with Crippen LogP contribution in [0.3, 0.4) is 0 Å². The Hall–Kier alpha value is -4.02. The highest BCUT2D eigenvalue weighted by atomic mass is 31.2. The average Bonchev–Trinajstić information content (AvgIpc) is 1.09. The lowest BCUT2D eigenvalue weighted by Gasteiger charge is -2.21. The molecule has 0 aliphatic heterocycles. The van der Waals surface area contributed by atoms with Crippen molar-refractivity contribution in [2.24, 2.45) is 0 Å². The second kappa shape index (κ2) is 69.5. The molecule has 0 aliphatic carbocycles. The topological polar surface area (TPSA) is 237 Å². The Morgan fingerprint density at radius 2 is 0.552 bits per heavy atom. The van der Waals surface area contributed by atoms with Gasteiger partial charge in [-0.25, -0.2) is 9.13 Å². The summed E-state index contributed by atoms with van der Waals surface area (Å²) in [5.41, 5.74) is 0. The van der Waals surface area contributed by atoms with Crippen LogP contribution in [0.5, 0.6) is 0 Å². The van der Waals surface area contributed by atoms with E-state index in [-0.39, 0.29) is 25.7 Å². The number of carbonyl (C=O) groups is 4. The van der Waals surface area contributed by atoms with Gasteiger partial charge in [-0.05, 0) is 116 Å². The van der Waals surface area contributed by atoms with Crippen LogP contribution in [0.15, 0.2) is 97.2 Å². The molecular formula is C77H134O17P2. The second-order valence-electron chi connectivity index (χ2n) is 24.8. The summed E-state index contributed by atoms with van der Waals surface area (Å²) in [7, 11) is -9.96. The zero-order chi connectivity index (χ0) is 70.4. The van der Waals surface area contributed by atoms with E-state index in [9.17, 15) is 43.2 Å². The summed E-state index contributed by atoms with van der Waals surface area (Å²) in [4.78, 5) is 72.7. The summed E-state index contributed by atoms with van der Waals surface area (Å²) in [5.74, 6) is -2.24. The minimum absolute atomic E-state index is 0.0799. The standard InChI is InChI=1S/C77H134O17P2/c1-5-9-13-17-21-25-29-32-35-38-42-45-49-53-57-61-74(79)87-67-72(93-76(81)63-59-55-51-47-41-28-24-20-16-12-8-4)69-91-95(83,84)89-65-71(78)66-90-96(85,86)92-70-73(94-77(82)64-60-56-52-48-44-40-37-34-31-27-23-19-15-11-7-3)68-88-75(80)62-58-54-50-46-43-39-36-33-30-26-22-18-14-10-6-2/h9-10,13-14,20-22,24-26,32-33,35-36,43,46,71-73,78H,5-8,11-12,15-19,23,27-31,34,37-42,44-45,47-70H2,1-4H3,(H,83,84)(H,85,86)/b13-9-,14-10-,24-20-,25-21-,26-22-,35-32-,36-33-,46-43-. The van der Waals surface area contributed by atoms with Crippen LogP contribution in [0.1, 0.15) is 310 Å². The van der Waals surface area contributed by atoms with E-state index in [0.29, 0.717) is 25.7 Å². The van der Waals surface area contributed by atoms with Gasteiger partial charge in [-0.1, -0.05) is 266 Å². The van der Waals surface area contributed by atoms with Crippen LogP contribution in [0.25, 0.3) is 0 Å². The van der Waals surface area contributed by atoms with E-state index in [0.717, 1.165) is 154 Å². The van der Waals surface area contributed by atoms with E-state index < -0.39 is 97.5 Å². The van der Waals surface area contributed by atoms with Crippen LogP contribution >= 0.6 is 15.6 Å². The van der Waals surface area contributed by atoms with Gasteiger partial charge in [-0.3, -0.25) is 37.3 Å². The largest absolute Gasteiger partial charge is 0.472 e. The van der Waals surface area contributed by atoms with E-state index in [1.54, 1.807) is 0 Å². The molecule has 0 aromatic carbocycles. The van der Waals surface area contributed by atoms with Gasteiger partial charge in [0.05, 0.1) is 26.4 Å². The number of phosphoric acid groups is 2. The predicted octanol–water partition coefficient (Wildman–Crippen LogP) is 21.2. The molecule has 0 saturated carbocycles. The molecule has 0 heterocycles. The first-order valence-corrected chi connectivity index (χ1v) is 40.5. The van der Waals surface area contributed by atoms with Crippen LogP contribution in [-0.4, -0.2) is 96.7 Å². The predicted molar refractivity (Wildman–Crippen MR) is 390 cm³/mol. The Kier molecular flexibility index (Phi) is 66.6. The van der Waals surface area contributed by atoms with Crippen molar-refractivity contribution in [3.8, 4) is 0 Å². The Morgan fingerprint density at radius 1 is 0.302 bits per heavy atom. The van der Waals surface area contributed by atoms with Crippen LogP contribution in [0, 0.1) is 0 Å². The molecular weight excluding hydrogens is 1260 g/mol. The molecule has 96 heavy (non-hydrogen) atoms. The molecule has 0 aliphatic rings. The van der Waals surface area contributed by atoms with Gasteiger partial charge in [0.15, 0.2) is 12.2 Å². The van der Waals surface area contributed by atoms with Crippen molar-refractivity contribution in [1.29, 1.82) is 0 Å². The van der Waals surface area contributed by atoms with Crippen LogP contribution in [0.4, 0.5) is 0 Å². The molecule has 3 N–H and O–H groups in total. The fraction of sp³-hybridized carbons (Fsp3) is 0.740. The van der Waals surface area contributed by atoms with Gasteiger partial charge in [-0.15, -0.1) is 0 Å². The SMILES string of the molecule is CC/C=C\C/C=C\C/C=C\C/C=C\CCCCC(=O)OCC(COP(=O)(O)OCC(O)COP(=O)(O)OCC(COC(=O)CCCCCCC/C=C\C/C=C\C/C=C\CC)OC(=O)CCCCCCC/C=C\CCCC)OC(=O)CCCCCCCCCCCCCCCCC. The molecule has 17 nitrogen and oxygen atoms in total. The molecule has 0 bridgehead atoms. The Morgan fingerprint density at radius 3 is 0.896 bits per heavy atom. The third kappa shape index (κ3) is 68.5. The molecule has 19 heteroatoms. The zero-order valence-electron chi connectivity index (χ0n) is 60.3. The molecule has 0 fully saturated rings. The van der Waals surface area contributed by atoms with Crippen molar-refractivity contribution in [1.82, 2.24) is 0 Å². The Balaban J connectivity index is 5.36. The summed E-state index contributed by atoms with van der Waals surface area (Å²) in [6, 6.07) is 0. The highest BCUT2D eigenvalue weighted by Gasteiger charge is 2.30. The summed E-state index contributed by atoms with van der Waals surface area (Å²) >= 11 is 0. The first kappa shape index (κ1) is 92.0. The number of unbranched alkanes of at least 4 members (excludes halogenated alkanes) is 28. The zero-order valence-corrected chi connectivity index (χ0v) is 62.1. The third-order valence-corrected chi connectivity index (χ3v) is 17.4. The first-order chi connectivity index (χ1) is 46.7. The van der Waals surface area contributed by atoms with Crippen LogP contribution in [0.2, 0.25) is 0 Å². The number of aliphatic hydroxyl groups is 1. The molecule has 5 unspecified atom stereocenters. The van der Waals surface area contributed by atoms with Crippen molar-refractivity contribution >= 4 is 39.5 Å². The summed E-state index contributed by atoms with van der Waals surface area (Å²) in [6.45, 7) is 4.55. The lowest BCUT2D eigenvalue weighted by atomic mass is 10.0. The van der Waals surface area contributed by atoms with Gasteiger partial charge >= 0.3 is 39.5 Å². The summed E-state index contributed by atoms with van der Waals surface area (Å²) < 4.78 is 68.3. The normalized spacial score (nSPS) is 14.5. The number of esters is 4. The van der Waals surface area contributed by atoms with Crippen molar-refractivity contribution in [3.05, 3.63) is 97.2 Å². The minimum Gasteiger partial charge on any atom is -0.462 e. The number of hydrogen-bond acceptors (Lipinski definition) is 15. The smallest absolute Gasteiger partial charge is 0.462 e. The molecule has 0 aromatic rings. The molecule has 0 saturated heterocycles. The monoisotopic (exact) mass is 1390 g/mol. The van der Waals surface area contributed by atoms with Crippen molar-refractivity contribution in [3.63, 3.8) is 0 Å². The van der Waals surface area contributed by atoms with E-state index in [1.165, 1.54) is 77.0 Å². The maximum Gasteiger partial charge on any atom is 0.472 e. The van der Waals surface area contributed by atoms with Gasteiger partial charge in [0.2, 0.25) is 0 Å². The minimum atomic E-state index is -4.98. The van der Waals surface area contributed by atoms with Gasteiger partial charge in [0.1, 0.15) is 19.3 Å². The molecule has 0 rings (SSSR count). The maximum absolute atomic E-state index is 13.1. The highest BCUT2D eigenvalue weighted by Crippen LogP contribution is 2.45. The number of ether oxygens (including phenoxy) is 4. The Bertz CT molecular complexity index is 2200. The van der Waals surface area contributed by atoms with Crippen molar-refractivity contribution in [2.45, 2.75) is 329 Å². The number of allylic oxidation sites excluding steroid dienone is 16. The molecule has 554 valence electrons. The van der Waals surface area contributed by atoms with Gasteiger partial charge < -0.3 is 33.8 Å². The van der Waals surface area contributed by atoms with Crippen molar-refractivity contribution in [2.75, 3.05) is 39.6 Å². The van der Waals surface area contributed by atoms with Gasteiger partial charge in [0, 0.05) is 25.7 Å². The quantitative estimate of drug-likeness (QED) is 0.0169. The molecule has 0 spiro atoms. The number of rotatable bonds is 70. The Labute approximate surface area is 582 Å². The van der Waals surface area contributed by atoms with Gasteiger partial charge in [0.25, 0.3) is 0 Å². The fourth-order valence-electron chi connectivity index (χ4n) is 9.85. The van der Waals surface area contributed by atoms with E-state index in [4.69, 9.17) is 37.0 Å². The maximum atomic E-state index is 13.1. The second-order valence-corrected chi connectivity index (χ2v) is 27.7. The molecule has 0 radical (unpaired) electrons. The molecule has 0 amide bonds. The van der Waals surface area contributed by atoms with Crippen molar-refractivity contribution < 1.29 is 80.2 Å². The van der Waals surface area contributed by atoms with E-state index in [1.807, 2.05) is 0 Å². The van der Waals surface area contributed by atoms with Crippen LogP contribution < -0.4 is 0 Å². The van der Waals surface area contributed by atoms with Gasteiger partial charge in [-0.2, -0.15) is 0 Å². The van der Waals surface area contributed by atoms with E-state index >= 15 is 0 Å². The lowest BCUT2D eigenvalue weighted by Crippen LogP contribution is -2.30. The molecule has 5 atom stereocenters. The number of carbonyl (C=O) groups excluding carboxylic acids is 4.